The molecule has 0 fully saturated rings. The lowest BCUT2D eigenvalue weighted by atomic mass is 10.0. The van der Waals surface area contributed by atoms with E-state index < -0.39 is 6.10 Å². The topological polar surface area (TPSA) is 78.9 Å². The van der Waals surface area contributed by atoms with Gasteiger partial charge in [-0.3, -0.25) is 14.4 Å². The van der Waals surface area contributed by atoms with Crippen molar-refractivity contribution in [1.82, 2.24) is 0 Å². The summed E-state index contributed by atoms with van der Waals surface area (Å²) in [6, 6.07) is 0. The summed E-state index contributed by atoms with van der Waals surface area (Å²) < 4.78 is 16.9. The highest BCUT2D eigenvalue weighted by atomic mass is 16.6. The third-order valence-electron chi connectivity index (χ3n) is 15.5. The smallest absolute Gasteiger partial charge is 0.306 e. The number of carbonyl (C=O) groups is 3. The van der Waals surface area contributed by atoms with Crippen molar-refractivity contribution in [3.63, 3.8) is 0 Å². The van der Waals surface area contributed by atoms with Crippen LogP contribution in [0.3, 0.4) is 0 Å². The van der Waals surface area contributed by atoms with Gasteiger partial charge >= 0.3 is 17.9 Å². The molecule has 0 aromatic heterocycles. The predicted molar refractivity (Wildman–Crippen MR) is 321 cm³/mol. The molecule has 0 aliphatic rings. The van der Waals surface area contributed by atoms with Crippen molar-refractivity contribution in [3.8, 4) is 0 Å². The van der Waals surface area contributed by atoms with Gasteiger partial charge in [-0.2, -0.15) is 0 Å². The van der Waals surface area contributed by atoms with Crippen LogP contribution in [0.4, 0.5) is 0 Å². The minimum absolute atomic E-state index is 0.0678. The molecule has 0 spiro atoms. The molecule has 0 radical (unpaired) electrons. The van der Waals surface area contributed by atoms with Gasteiger partial charge in [0, 0.05) is 19.3 Å². The molecule has 0 rings (SSSR count). The van der Waals surface area contributed by atoms with E-state index in [2.05, 4.69) is 32.9 Å². The summed E-state index contributed by atoms with van der Waals surface area (Å²) in [7, 11) is 0. The molecule has 0 bridgehead atoms. The fourth-order valence-electron chi connectivity index (χ4n) is 10.4. The van der Waals surface area contributed by atoms with Crippen LogP contribution < -0.4 is 0 Å². The van der Waals surface area contributed by atoms with E-state index in [1.807, 2.05) is 0 Å². The van der Waals surface area contributed by atoms with Gasteiger partial charge in [0.1, 0.15) is 13.2 Å². The average Bonchev–Trinajstić information content (AvgIpc) is 3.40. The van der Waals surface area contributed by atoms with E-state index in [0.717, 1.165) is 64.2 Å². The molecule has 0 aliphatic heterocycles. The zero-order valence-electron chi connectivity index (χ0n) is 50.4. The van der Waals surface area contributed by atoms with Crippen LogP contribution in [0.25, 0.3) is 0 Å². The first-order valence-electron chi connectivity index (χ1n) is 33.7. The maximum Gasteiger partial charge on any atom is 0.306 e. The Kier molecular flexibility index (Phi) is 62.1. The Hall–Kier alpha value is -1.85. The van der Waals surface area contributed by atoms with Crippen LogP contribution in [-0.4, -0.2) is 37.2 Å². The minimum atomic E-state index is -0.768. The van der Waals surface area contributed by atoms with E-state index in [1.54, 1.807) is 0 Å². The molecule has 0 aromatic rings. The summed E-state index contributed by atoms with van der Waals surface area (Å²) >= 11 is 0. The Morgan fingerprint density at radius 3 is 0.676 bits per heavy atom. The standard InChI is InChI=1S/C68H130O6/c1-4-7-10-13-16-19-21-23-25-26-27-28-29-30-31-32-33-34-35-36-37-38-39-40-41-42-44-45-47-49-52-55-58-61-67(70)73-64-65(63-72-66(69)60-57-54-51-18-15-12-9-6-3)74-68(71)62-59-56-53-50-48-46-43-24-22-20-17-14-11-8-5-2/h24,43,65H,4-23,25-42,44-64H2,1-3H3/b43-24-. The Bertz CT molecular complexity index is 1150. The summed E-state index contributed by atoms with van der Waals surface area (Å²) in [5, 5.41) is 0. The minimum Gasteiger partial charge on any atom is -0.462 e. The molecule has 1 atom stereocenters. The summed E-state index contributed by atoms with van der Waals surface area (Å²) in [4.78, 5) is 38.1. The molecule has 0 aromatic carbocycles. The third kappa shape index (κ3) is 61.0. The normalized spacial score (nSPS) is 12.0. The van der Waals surface area contributed by atoms with Crippen LogP contribution in [0.5, 0.6) is 0 Å². The van der Waals surface area contributed by atoms with Gasteiger partial charge in [0.05, 0.1) is 0 Å². The van der Waals surface area contributed by atoms with E-state index in [-0.39, 0.29) is 31.1 Å². The largest absolute Gasteiger partial charge is 0.462 e. The quantitative estimate of drug-likeness (QED) is 0.0261. The SMILES string of the molecule is CCCCCCCC/C=C\CCCCCCCC(=O)OC(COC(=O)CCCCCCCCCC)COC(=O)CCCCCCCCCCCCCCCCCCCCCCCCCCCCCCCCCCC. The second kappa shape index (κ2) is 63.7. The number of hydrogen-bond acceptors (Lipinski definition) is 6. The highest BCUT2D eigenvalue weighted by molar-refractivity contribution is 5.71. The first-order valence-corrected chi connectivity index (χ1v) is 33.7. The summed E-state index contributed by atoms with van der Waals surface area (Å²) in [6.45, 7) is 6.66. The van der Waals surface area contributed by atoms with Gasteiger partial charge in [-0.05, 0) is 44.9 Å². The second-order valence-corrected chi connectivity index (χ2v) is 23.1. The van der Waals surface area contributed by atoms with E-state index in [0.29, 0.717) is 19.3 Å². The zero-order chi connectivity index (χ0) is 53.6. The molecular weight excluding hydrogens is 913 g/mol. The zero-order valence-corrected chi connectivity index (χ0v) is 50.4. The van der Waals surface area contributed by atoms with Crippen molar-refractivity contribution in [2.75, 3.05) is 13.2 Å². The number of esters is 3. The van der Waals surface area contributed by atoms with Crippen LogP contribution in [-0.2, 0) is 28.6 Å². The van der Waals surface area contributed by atoms with Crippen LogP contribution in [0.2, 0.25) is 0 Å². The lowest BCUT2D eigenvalue weighted by Crippen LogP contribution is -2.30. The van der Waals surface area contributed by atoms with Gasteiger partial charge in [0.15, 0.2) is 6.10 Å². The number of hydrogen-bond donors (Lipinski definition) is 0. The fourth-order valence-corrected chi connectivity index (χ4v) is 10.4. The van der Waals surface area contributed by atoms with Gasteiger partial charge < -0.3 is 14.2 Å². The molecule has 0 heterocycles. The predicted octanol–water partition coefficient (Wildman–Crippen LogP) is 22.8. The molecule has 438 valence electrons. The van der Waals surface area contributed by atoms with Crippen molar-refractivity contribution in [2.45, 2.75) is 393 Å². The van der Waals surface area contributed by atoms with Crippen molar-refractivity contribution in [3.05, 3.63) is 12.2 Å². The highest BCUT2D eigenvalue weighted by Gasteiger charge is 2.19. The molecule has 6 nitrogen and oxygen atoms in total. The average molecular weight is 1040 g/mol. The maximum atomic E-state index is 12.8. The summed E-state index contributed by atoms with van der Waals surface area (Å²) in [5.41, 5.74) is 0. The van der Waals surface area contributed by atoms with Crippen LogP contribution in [0, 0.1) is 0 Å². The Labute approximate surface area is 462 Å². The number of rotatable bonds is 63. The summed E-state index contributed by atoms with van der Waals surface area (Å²) in [5.74, 6) is -0.856. The van der Waals surface area contributed by atoms with Crippen molar-refractivity contribution >= 4 is 17.9 Å². The second-order valence-electron chi connectivity index (χ2n) is 23.1. The van der Waals surface area contributed by atoms with Crippen molar-refractivity contribution in [1.29, 1.82) is 0 Å². The number of unbranched alkanes of at least 4 members (excludes halogenated alkanes) is 50. The monoisotopic (exact) mass is 1040 g/mol. The van der Waals surface area contributed by atoms with Gasteiger partial charge in [-0.1, -0.05) is 335 Å². The molecule has 0 saturated heterocycles. The van der Waals surface area contributed by atoms with E-state index in [1.165, 1.54) is 283 Å². The number of ether oxygens (including phenoxy) is 3. The lowest BCUT2D eigenvalue weighted by Gasteiger charge is -2.18. The van der Waals surface area contributed by atoms with Crippen LogP contribution >= 0.6 is 0 Å². The lowest BCUT2D eigenvalue weighted by molar-refractivity contribution is -0.167. The van der Waals surface area contributed by atoms with Gasteiger partial charge in [0.25, 0.3) is 0 Å². The fraction of sp³-hybridized carbons (Fsp3) is 0.926. The van der Waals surface area contributed by atoms with Gasteiger partial charge in [-0.15, -0.1) is 0 Å². The highest BCUT2D eigenvalue weighted by Crippen LogP contribution is 2.19. The van der Waals surface area contributed by atoms with Gasteiger partial charge in [-0.25, -0.2) is 0 Å². The van der Waals surface area contributed by atoms with Crippen LogP contribution in [0.15, 0.2) is 12.2 Å². The van der Waals surface area contributed by atoms with Crippen molar-refractivity contribution < 1.29 is 28.6 Å². The summed E-state index contributed by atoms with van der Waals surface area (Å²) in [6.07, 6.45) is 75.6. The molecule has 6 heteroatoms. The molecule has 0 saturated carbocycles. The Morgan fingerprint density at radius 2 is 0.446 bits per heavy atom. The third-order valence-corrected chi connectivity index (χ3v) is 15.5. The molecule has 0 N–H and O–H groups in total. The number of carbonyl (C=O) groups excluding carboxylic acids is 3. The molecule has 1 unspecified atom stereocenters. The Balaban J connectivity index is 3.94. The molecule has 0 amide bonds. The maximum absolute atomic E-state index is 12.8. The van der Waals surface area contributed by atoms with Crippen molar-refractivity contribution in [2.24, 2.45) is 0 Å². The Morgan fingerprint density at radius 1 is 0.257 bits per heavy atom. The first-order chi connectivity index (χ1) is 36.5. The number of allylic oxidation sites excluding steroid dienone is 2. The molecule has 74 heavy (non-hydrogen) atoms. The molecular formula is C68H130O6. The van der Waals surface area contributed by atoms with Gasteiger partial charge in [0.2, 0.25) is 0 Å². The first kappa shape index (κ1) is 72.2. The van der Waals surface area contributed by atoms with E-state index in [9.17, 15) is 14.4 Å². The van der Waals surface area contributed by atoms with Crippen LogP contribution in [0.1, 0.15) is 387 Å². The van der Waals surface area contributed by atoms with E-state index in [4.69, 9.17) is 14.2 Å². The molecule has 0 aliphatic carbocycles. The van der Waals surface area contributed by atoms with E-state index >= 15 is 0 Å².